The van der Waals surface area contributed by atoms with Crippen LogP contribution in [0.3, 0.4) is 0 Å². The Morgan fingerprint density at radius 2 is 1.68 bits per heavy atom. The summed E-state index contributed by atoms with van der Waals surface area (Å²) in [5.74, 6) is -0.670. The van der Waals surface area contributed by atoms with Crippen LogP contribution in [0, 0.1) is 17.0 Å². The number of hydrogen-bond donors (Lipinski definition) is 2. The lowest BCUT2D eigenvalue weighted by atomic mass is 9.73. The van der Waals surface area contributed by atoms with Gasteiger partial charge in [0.05, 0.1) is 0 Å². The number of hydrogen-bond acceptors (Lipinski definition) is 2. The maximum Gasteiger partial charge on any atom is 0.128 e. The normalized spacial score (nSPS) is 23.4. The number of rotatable bonds is 0. The quantitative estimate of drug-likeness (QED) is 0.773. The Kier molecular flexibility index (Phi) is 5.18. The molecule has 108 valence electrons. The number of halogens is 4. The molecule has 1 spiro atoms. The van der Waals surface area contributed by atoms with Crippen molar-refractivity contribution in [2.75, 3.05) is 13.1 Å². The van der Waals surface area contributed by atoms with Gasteiger partial charge in [-0.15, -0.1) is 24.8 Å². The van der Waals surface area contributed by atoms with Crippen LogP contribution in [-0.4, -0.2) is 13.1 Å². The third-order valence-corrected chi connectivity index (χ3v) is 4.35. The molecule has 3 rings (SSSR count). The topological polar surface area (TPSA) is 38.0 Å². The van der Waals surface area contributed by atoms with Crippen LogP contribution in [0.1, 0.15) is 30.0 Å². The van der Waals surface area contributed by atoms with Gasteiger partial charge in [0, 0.05) is 11.6 Å². The molecule has 1 aliphatic heterocycles. The minimum absolute atomic E-state index is 0. The van der Waals surface area contributed by atoms with Crippen molar-refractivity contribution in [1.82, 2.24) is 5.32 Å². The van der Waals surface area contributed by atoms with E-state index in [4.69, 9.17) is 5.73 Å². The maximum absolute atomic E-state index is 13.8. The van der Waals surface area contributed by atoms with Crippen molar-refractivity contribution in [3.8, 4) is 0 Å². The lowest BCUT2D eigenvalue weighted by Gasteiger charge is -2.37. The van der Waals surface area contributed by atoms with E-state index in [1.807, 2.05) is 0 Å². The first-order valence-electron chi connectivity index (χ1n) is 6.07. The summed E-state index contributed by atoms with van der Waals surface area (Å²) >= 11 is 0. The maximum atomic E-state index is 13.8. The summed E-state index contributed by atoms with van der Waals surface area (Å²) < 4.78 is 27.5. The SMILES string of the molecule is Cl.Cl.N[C@H]1c2c(F)ccc(F)c2CC12CCNCC2. The van der Waals surface area contributed by atoms with Crippen LogP contribution in [0.25, 0.3) is 0 Å². The first kappa shape index (κ1) is 16.6. The van der Waals surface area contributed by atoms with E-state index in [2.05, 4.69) is 5.32 Å². The third-order valence-electron chi connectivity index (χ3n) is 4.35. The van der Waals surface area contributed by atoms with Crippen LogP contribution in [0.15, 0.2) is 12.1 Å². The Hall–Kier alpha value is -0.420. The number of benzene rings is 1. The molecule has 0 radical (unpaired) electrons. The van der Waals surface area contributed by atoms with Gasteiger partial charge in [-0.1, -0.05) is 0 Å². The summed E-state index contributed by atoms with van der Waals surface area (Å²) in [6.45, 7) is 1.76. The van der Waals surface area contributed by atoms with Crippen LogP contribution in [0.5, 0.6) is 0 Å². The van der Waals surface area contributed by atoms with Gasteiger partial charge in [0.15, 0.2) is 0 Å². The predicted octanol–water partition coefficient (Wildman–Crippen LogP) is 2.73. The molecular weight excluding hydrogens is 293 g/mol. The second kappa shape index (κ2) is 5.92. The van der Waals surface area contributed by atoms with E-state index in [1.54, 1.807) is 0 Å². The Bertz CT molecular complexity index is 462. The molecule has 1 fully saturated rings. The molecule has 0 amide bonds. The zero-order chi connectivity index (χ0) is 12.0. The largest absolute Gasteiger partial charge is 0.323 e. The van der Waals surface area contributed by atoms with Crippen molar-refractivity contribution in [1.29, 1.82) is 0 Å². The van der Waals surface area contributed by atoms with Gasteiger partial charge in [0.1, 0.15) is 11.6 Å². The standard InChI is InChI=1S/C13H16F2N2.2ClH/c14-9-1-2-10(15)11-8(9)7-13(12(11)16)3-5-17-6-4-13;;/h1-2,12,17H,3-7,16H2;2*1H/t12-;;/m0../s1. The summed E-state index contributed by atoms with van der Waals surface area (Å²) in [4.78, 5) is 0. The molecule has 2 nitrogen and oxygen atoms in total. The molecule has 6 heteroatoms. The summed E-state index contributed by atoms with van der Waals surface area (Å²) in [6, 6.07) is 2.03. The molecule has 3 N–H and O–H groups in total. The fraction of sp³-hybridized carbons (Fsp3) is 0.538. The molecule has 1 aliphatic carbocycles. The monoisotopic (exact) mass is 310 g/mol. The Balaban J connectivity index is 0.000000902. The fourth-order valence-electron chi connectivity index (χ4n) is 3.31. The van der Waals surface area contributed by atoms with Crippen molar-refractivity contribution in [2.24, 2.45) is 11.1 Å². The Morgan fingerprint density at radius 1 is 1.11 bits per heavy atom. The van der Waals surface area contributed by atoms with E-state index < -0.39 is 0 Å². The molecule has 0 unspecified atom stereocenters. The van der Waals surface area contributed by atoms with E-state index in [0.29, 0.717) is 17.5 Å². The molecular formula is C13H18Cl2F2N2. The Labute approximate surface area is 124 Å². The van der Waals surface area contributed by atoms with E-state index in [-0.39, 0.29) is 47.9 Å². The van der Waals surface area contributed by atoms with Crippen molar-refractivity contribution in [3.05, 3.63) is 34.9 Å². The highest BCUT2D eigenvalue weighted by Crippen LogP contribution is 2.51. The number of fused-ring (bicyclic) bond motifs is 1. The van der Waals surface area contributed by atoms with Crippen molar-refractivity contribution < 1.29 is 8.78 Å². The van der Waals surface area contributed by atoms with Gasteiger partial charge in [-0.05, 0) is 55.5 Å². The number of nitrogens with one attached hydrogen (secondary N) is 1. The second-order valence-electron chi connectivity index (χ2n) is 5.19. The summed E-state index contributed by atoms with van der Waals surface area (Å²) in [6.07, 6.45) is 2.36. The first-order chi connectivity index (χ1) is 8.14. The van der Waals surface area contributed by atoms with Crippen LogP contribution >= 0.6 is 24.8 Å². The number of nitrogens with two attached hydrogens (primary N) is 1. The van der Waals surface area contributed by atoms with E-state index in [0.717, 1.165) is 25.9 Å². The highest BCUT2D eigenvalue weighted by Gasteiger charge is 2.47. The summed E-state index contributed by atoms with van der Waals surface area (Å²) in [5, 5.41) is 3.27. The molecule has 2 aliphatic rings. The van der Waals surface area contributed by atoms with E-state index >= 15 is 0 Å². The van der Waals surface area contributed by atoms with Crippen molar-refractivity contribution in [3.63, 3.8) is 0 Å². The predicted molar refractivity (Wildman–Crippen MR) is 76.0 cm³/mol. The lowest BCUT2D eigenvalue weighted by Crippen LogP contribution is -2.42. The molecule has 1 atom stereocenters. The van der Waals surface area contributed by atoms with Gasteiger partial charge < -0.3 is 11.1 Å². The summed E-state index contributed by atoms with van der Waals surface area (Å²) in [5.41, 5.74) is 6.96. The zero-order valence-electron chi connectivity index (χ0n) is 10.4. The van der Waals surface area contributed by atoms with Gasteiger partial charge in [0.25, 0.3) is 0 Å². The van der Waals surface area contributed by atoms with E-state index in [1.165, 1.54) is 12.1 Å². The molecule has 0 saturated carbocycles. The average Bonchev–Trinajstić information content (AvgIpc) is 2.61. The minimum atomic E-state index is -0.365. The highest BCUT2D eigenvalue weighted by atomic mass is 35.5. The molecule has 1 heterocycles. The molecule has 1 aromatic carbocycles. The molecule has 19 heavy (non-hydrogen) atoms. The summed E-state index contributed by atoms with van der Waals surface area (Å²) in [7, 11) is 0. The zero-order valence-corrected chi connectivity index (χ0v) is 12.1. The van der Waals surface area contributed by atoms with Crippen LogP contribution in [-0.2, 0) is 6.42 Å². The van der Waals surface area contributed by atoms with Gasteiger partial charge in [-0.2, -0.15) is 0 Å². The number of piperidine rings is 1. The molecule has 0 bridgehead atoms. The second-order valence-corrected chi connectivity index (χ2v) is 5.19. The minimum Gasteiger partial charge on any atom is -0.323 e. The van der Waals surface area contributed by atoms with Gasteiger partial charge in [0.2, 0.25) is 0 Å². The first-order valence-corrected chi connectivity index (χ1v) is 6.07. The van der Waals surface area contributed by atoms with Gasteiger partial charge in [-0.3, -0.25) is 0 Å². The fourth-order valence-corrected chi connectivity index (χ4v) is 3.31. The third kappa shape index (κ3) is 2.47. The van der Waals surface area contributed by atoms with Crippen molar-refractivity contribution in [2.45, 2.75) is 25.3 Å². The highest BCUT2D eigenvalue weighted by molar-refractivity contribution is 5.85. The van der Waals surface area contributed by atoms with Crippen LogP contribution in [0.4, 0.5) is 8.78 Å². The average molecular weight is 311 g/mol. The van der Waals surface area contributed by atoms with Gasteiger partial charge >= 0.3 is 0 Å². The lowest BCUT2D eigenvalue weighted by molar-refractivity contribution is 0.172. The van der Waals surface area contributed by atoms with Crippen molar-refractivity contribution >= 4 is 24.8 Å². The van der Waals surface area contributed by atoms with Crippen LogP contribution < -0.4 is 11.1 Å². The van der Waals surface area contributed by atoms with Crippen LogP contribution in [0.2, 0.25) is 0 Å². The molecule has 0 aromatic heterocycles. The smallest absolute Gasteiger partial charge is 0.128 e. The van der Waals surface area contributed by atoms with Gasteiger partial charge in [-0.25, -0.2) is 8.78 Å². The molecule has 1 saturated heterocycles. The Morgan fingerprint density at radius 3 is 2.26 bits per heavy atom. The van der Waals surface area contributed by atoms with E-state index in [9.17, 15) is 8.78 Å². The molecule has 1 aromatic rings.